The van der Waals surface area contributed by atoms with E-state index in [9.17, 15) is 9.90 Å². The van der Waals surface area contributed by atoms with Crippen molar-refractivity contribution in [1.29, 1.82) is 0 Å². The maximum atomic E-state index is 12.0. The lowest BCUT2D eigenvalue weighted by Gasteiger charge is -2.20. The van der Waals surface area contributed by atoms with Crippen molar-refractivity contribution in [3.05, 3.63) is 65.7 Å². The normalized spacial score (nSPS) is 12.7. The summed E-state index contributed by atoms with van der Waals surface area (Å²) in [6.45, 7) is 5.69. The molecule has 0 radical (unpaired) electrons. The minimum Gasteiger partial charge on any atom is -0.426 e. The molecular weight excluding hydrogens is 276 g/mol. The second kappa shape index (κ2) is 6.75. The van der Waals surface area contributed by atoms with Crippen LogP contribution in [0.3, 0.4) is 0 Å². The van der Waals surface area contributed by atoms with E-state index in [0.717, 1.165) is 17.5 Å². The lowest BCUT2D eigenvalue weighted by atomic mass is 9.91. The Hall–Kier alpha value is -2.13. The number of aliphatic hydroxyl groups excluding tert-OH is 1. The Bertz CT molecular complexity index is 615. The number of esters is 1. The molecule has 2 aromatic rings. The average molecular weight is 298 g/mol. The van der Waals surface area contributed by atoms with E-state index in [-0.39, 0.29) is 5.97 Å². The first-order chi connectivity index (χ1) is 10.4. The molecule has 0 fully saturated rings. The van der Waals surface area contributed by atoms with Gasteiger partial charge in [0.15, 0.2) is 0 Å². The van der Waals surface area contributed by atoms with Gasteiger partial charge in [-0.3, -0.25) is 4.79 Å². The second-order valence-electron chi connectivity index (χ2n) is 6.01. The maximum absolute atomic E-state index is 12.0. The Morgan fingerprint density at radius 2 is 1.59 bits per heavy atom. The molecule has 0 bridgehead atoms. The molecule has 0 aliphatic heterocycles. The highest BCUT2D eigenvalue weighted by atomic mass is 16.5. The van der Waals surface area contributed by atoms with Gasteiger partial charge < -0.3 is 9.84 Å². The van der Waals surface area contributed by atoms with Gasteiger partial charge in [-0.15, -0.1) is 0 Å². The summed E-state index contributed by atoms with van der Waals surface area (Å²) in [5.74, 6) is 0.252. The van der Waals surface area contributed by atoms with Gasteiger partial charge in [0.25, 0.3) is 0 Å². The van der Waals surface area contributed by atoms with Crippen LogP contribution in [-0.4, -0.2) is 11.1 Å². The predicted molar refractivity (Wildman–Crippen MR) is 86.7 cm³/mol. The molecule has 1 N–H and O–H groups in total. The van der Waals surface area contributed by atoms with E-state index in [4.69, 9.17) is 4.74 Å². The Morgan fingerprint density at radius 3 is 2.14 bits per heavy atom. The molecule has 0 spiro atoms. The fourth-order valence-electron chi connectivity index (χ4n) is 1.94. The molecule has 0 aliphatic rings. The van der Waals surface area contributed by atoms with Crippen LogP contribution in [0.1, 0.15) is 44.4 Å². The van der Waals surface area contributed by atoms with Crippen molar-refractivity contribution >= 4 is 5.97 Å². The summed E-state index contributed by atoms with van der Waals surface area (Å²) in [6, 6.07) is 16.4. The number of hydrogen-bond donors (Lipinski definition) is 1. The van der Waals surface area contributed by atoms with Crippen molar-refractivity contribution in [2.45, 2.75) is 33.3 Å². The fourth-order valence-corrected chi connectivity index (χ4v) is 1.94. The van der Waals surface area contributed by atoms with Gasteiger partial charge in [0.05, 0.1) is 5.41 Å². The second-order valence-corrected chi connectivity index (χ2v) is 6.01. The van der Waals surface area contributed by atoms with Crippen molar-refractivity contribution in [1.82, 2.24) is 0 Å². The Balaban J connectivity index is 2.09. The maximum Gasteiger partial charge on any atom is 0.316 e. The number of carbonyl (C=O) groups excluding carboxylic acids is 1. The highest BCUT2D eigenvalue weighted by Gasteiger charge is 2.27. The van der Waals surface area contributed by atoms with Crippen LogP contribution in [0.25, 0.3) is 0 Å². The minimum absolute atomic E-state index is 0.244. The highest BCUT2D eigenvalue weighted by molar-refractivity contribution is 5.78. The molecule has 1 unspecified atom stereocenters. The zero-order chi connectivity index (χ0) is 16.2. The summed E-state index contributed by atoms with van der Waals surface area (Å²) in [5.41, 5.74) is 1.10. The van der Waals surface area contributed by atoms with Gasteiger partial charge in [-0.05, 0) is 43.5 Å². The first-order valence-corrected chi connectivity index (χ1v) is 7.49. The molecule has 0 amide bonds. The van der Waals surface area contributed by atoms with Crippen LogP contribution in [0.15, 0.2) is 54.6 Å². The van der Waals surface area contributed by atoms with Crippen LogP contribution in [0.5, 0.6) is 5.75 Å². The van der Waals surface area contributed by atoms with E-state index in [0.29, 0.717) is 5.75 Å². The van der Waals surface area contributed by atoms with Gasteiger partial charge in [0.2, 0.25) is 0 Å². The van der Waals surface area contributed by atoms with Crippen LogP contribution in [0.4, 0.5) is 0 Å². The summed E-state index contributed by atoms with van der Waals surface area (Å²) >= 11 is 0. The molecule has 2 aromatic carbocycles. The summed E-state index contributed by atoms with van der Waals surface area (Å²) in [4.78, 5) is 12.0. The molecule has 22 heavy (non-hydrogen) atoms. The summed E-state index contributed by atoms with van der Waals surface area (Å²) in [5, 5.41) is 10.3. The Kier molecular flexibility index (Phi) is 4.99. The van der Waals surface area contributed by atoms with Crippen molar-refractivity contribution in [2.24, 2.45) is 5.41 Å². The van der Waals surface area contributed by atoms with E-state index >= 15 is 0 Å². The number of carbonyl (C=O) groups is 1. The summed E-state index contributed by atoms with van der Waals surface area (Å²) in [7, 11) is 0. The lowest BCUT2D eigenvalue weighted by Crippen LogP contribution is -2.28. The van der Waals surface area contributed by atoms with Gasteiger partial charge in [0.1, 0.15) is 11.9 Å². The Labute approximate surface area is 131 Å². The van der Waals surface area contributed by atoms with E-state index in [1.54, 1.807) is 24.3 Å². The molecular formula is C19H22O3. The standard InChI is InChI=1S/C19H22O3/c1-4-19(2,3)18(21)22-16-12-10-15(11-13-16)17(20)14-8-6-5-7-9-14/h5-13,17,20H,4H2,1-3H3. The first-order valence-electron chi connectivity index (χ1n) is 7.49. The van der Waals surface area contributed by atoms with E-state index in [1.807, 2.05) is 51.1 Å². The van der Waals surface area contributed by atoms with Crippen molar-refractivity contribution in [2.75, 3.05) is 0 Å². The van der Waals surface area contributed by atoms with Crippen LogP contribution in [-0.2, 0) is 4.79 Å². The van der Waals surface area contributed by atoms with E-state index < -0.39 is 11.5 Å². The molecule has 1 atom stereocenters. The molecule has 2 rings (SSSR count). The van der Waals surface area contributed by atoms with E-state index in [1.165, 1.54) is 0 Å². The van der Waals surface area contributed by atoms with E-state index in [2.05, 4.69) is 0 Å². The number of ether oxygens (including phenoxy) is 1. The van der Waals surface area contributed by atoms with Crippen molar-refractivity contribution in [3.63, 3.8) is 0 Å². The summed E-state index contributed by atoms with van der Waals surface area (Å²) in [6.07, 6.45) is 0.0365. The number of aliphatic hydroxyl groups is 1. The van der Waals surface area contributed by atoms with Gasteiger partial charge in [-0.2, -0.15) is 0 Å². The van der Waals surface area contributed by atoms with Crippen molar-refractivity contribution < 1.29 is 14.6 Å². The molecule has 0 saturated carbocycles. The first kappa shape index (κ1) is 16.2. The van der Waals surface area contributed by atoms with Crippen LogP contribution >= 0.6 is 0 Å². The fraction of sp³-hybridized carbons (Fsp3) is 0.316. The highest BCUT2D eigenvalue weighted by Crippen LogP contribution is 2.26. The number of hydrogen-bond acceptors (Lipinski definition) is 3. The van der Waals surface area contributed by atoms with Gasteiger partial charge in [-0.1, -0.05) is 49.4 Å². The number of rotatable bonds is 5. The molecule has 3 nitrogen and oxygen atoms in total. The zero-order valence-electron chi connectivity index (χ0n) is 13.2. The van der Waals surface area contributed by atoms with Crippen LogP contribution in [0.2, 0.25) is 0 Å². The predicted octanol–water partition coefficient (Wildman–Crippen LogP) is 4.11. The van der Waals surface area contributed by atoms with Crippen molar-refractivity contribution in [3.8, 4) is 5.75 Å². The smallest absolute Gasteiger partial charge is 0.316 e. The Morgan fingerprint density at radius 1 is 1.05 bits per heavy atom. The molecule has 3 heteroatoms. The molecule has 0 aliphatic carbocycles. The third kappa shape index (κ3) is 3.74. The lowest BCUT2D eigenvalue weighted by molar-refractivity contribution is -0.144. The third-order valence-corrected chi connectivity index (χ3v) is 3.96. The quantitative estimate of drug-likeness (QED) is 0.667. The van der Waals surface area contributed by atoms with Gasteiger partial charge in [-0.25, -0.2) is 0 Å². The number of benzene rings is 2. The zero-order valence-corrected chi connectivity index (χ0v) is 13.2. The molecule has 0 saturated heterocycles. The van der Waals surface area contributed by atoms with Crippen LogP contribution in [0, 0.1) is 5.41 Å². The van der Waals surface area contributed by atoms with Gasteiger partial charge in [0, 0.05) is 0 Å². The van der Waals surface area contributed by atoms with Crippen LogP contribution < -0.4 is 4.74 Å². The average Bonchev–Trinajstić information content (AvgIpc) is 2.55. The minimum atomic E-state index is -0.682. The van der Waals surface area contributed by atoms with Gasteiger partial charge >= 0.3 is 5.97 Å². The summed E-state index contributed by atoms with van der Waals surface area (Å²) < 4.78 is 5.39. The molecule has 0 heterocycles. The third-order valence-electron chi connectivity index (χ3n) is 3.96. The SMILES string of the molecule is CCC(C)(C)C(=O)Oc1ccc(C(O)c2ccccc2)cc1. The monoisotopic (exact) mass is 298 g/mol. The molecule has 116 valence electrons. The largest absolute Gasteiger partial charge is 0.426 e. The topological polar surface area (TPSA) is 46.5 Å². The molecule has 0 aromatic heterocycles.